The summed E-state index contributed by atoms with van der Waals surface area (Å²) in [5.41, 5.74) is -4.74. The molecule has 0 saturated carbocycles. The molecule has 0 N–H and O–H groups in total. The fourth-order valence-corrected chi connectivity index (χ4v) is 4.56. The van der Waals surface area contributed by atoms with Gasteiger partial charge in [-0.05, 0) is 30.3 Å². The van der Waals surface area contributed by atoms with Crippen molar-refractivity contribution in [2.75, 3.05) is 17.9 Å². The maximum Gasteiger partial charge on any atom is 0.420 e. The summed E-state index contributed by atoms with van der Waals surface area (Å²) in [6.07, 6.45) is -9.89. The summed E-state index contributed by atoms with van der Waals surface area (Å²) in [5.74, 6) is -3.25. The van der Waals surface area contributed by atoms with Gasteiger partial charge in [-0.25, -0.2) is 8.42 Å². The van der Waals surface area contributed by atoms with Crippen LogP contribution in [0.15, 0.2) is 35.2 Å². The number of carbonyl (C=O) groups is 1. The van der Waals surface area contributed by atoms with E-state index in [2.05, 4.69) is 4.74 Å². The van der Waals surface area contributed by atoms with Crippen molar-refractivity contribution in [2.45, 2.75) is 17.2 Å². The first-order valence-electron chi connectivity index (χ1n) is 8.16. The molecule has 0 atom stereocenters. The van der Waals surface area contributed by atoms with Gasteiger partial charge in [-0.2, -0.15) is 31.6 Å². The molecule has 6 nitrogen and oxygen atoms in total. The lowest BCUT2D eigenvalue weighted by Crippen LogP contribution is -2.31. The topological polar surface area (TPSA) is 87.5 Å². The van der Waals surface area contributed by atoms with Crippen LogP contribution in [0.1, 0.15) is 27.0 Å². The Morgan fingerprint density at radius 3 is 2.26 bits per heavy atom. The largest absolute Gasteiger partial charge is 0.495 e. The zero-order chi connectivity index (χ0) is 23.4. The fourth-order valence-electron chi connectivity index (χ4n) is 3.07. The van der Waals surface area contributed by atoms with Crippen LogP contribution in [0.25, 0.3) is 0 Å². The molecule has 1 heterocycles. The van der Waals surface area contributed by atoms with Crippen LogP contribution in [0.5, 0.6) is 5.75 Å². The SMILES string of the molecule is COc1c(C#N)cc(C(=O)N2CS(=O)(=O)c3ccc(C(F)(F)F)cc32)cc1C(F)(F)F. The van der Waals surface area contributed by atoms with E-state index in [9.17, 15) is 39.6 Å². The highest BCUT2D eigenvalue weighted by Gasteiger charge is 2.41. The number of rotatable bonds is 2. The van der Waals surface area contributed by atoms with Crippen LogP contribution in [0.3, 0.4) is 0 Å². The Kier molecular flexibility index (Phi) is 5.17. The van der Waals surface area contributed by atoms with Crippen molar-refractivity contribution < 1.29 is 44.3 Å². The second kappa shape index (κ2) is 7.16. The van der Waals surface area contributed by atoms with Crippen LogP contribution in [0, 0.1) is 11.3 Å². The average Bonchev–Trinajstić information content (AvgIpc) is 2.95. The molecule has 13 heteroatoms. The van der Waals surface area contributed by atoms with E-state index in [0.717, 1.165) is 13.2 Å². The summed E-state index contributed by atoms with van der Waals surface area (Å²) < 4.78 is 108. The first kappa shape index (κ1) is 22.4. The van der Waals surface area contributed by atoms with Gasteiger partial charge in [0.1, 0.15) is 17.7 Å². The molecule has 0 fully saturated rings. The standard InChI is InChI=1S/C18H10F6N2O4S/c1-30-15-10(7-25)4-9(5-12(15)18(22,23)24)16(27)26-8-31(28,29)14-3-2-11(6-13(14)26)17(19,20)21/h2-6H,8H2,1H3. The van der Waals surface area contributed by atoms with Crippen molar-refractivity contribution in [3.63, 3.8) is 0 Å². The fraction of sp³-hybridized carbons (Fsp3) is 0.222. The first-order chi connectivity index (χ1) is 14.2. The van der Waals surface area contributed by atoms with E-state index >= 15 is 0 Å². The van der Waals surface area contributed by atoms with Crippen molar-refractivity contribution >= 4 is 21.4 Å². The molecule has 3 rings (SSSR count). The lowest BCUT2D eigenvalue weighted by molar-refractivity contribution is -0.139. The van der Waals surface area contributed by atoms with E-state index in [1.807, 2.05) is 0 Å². The number of nitrogens with zero attached hydrogens (tertiary/aromatic N) is 2. The summed E-state index contributed by atoms with van der Waals surface area (Å²) in [7, 11) is -3.33. The van der Waals surface area contributed by atoms with Crippen LogP contribution in [0.4, 0.5) is 32.0 Å². The van der Waals surface area contributed by atoms with Gasteiger partial charge in [0.05, 0.1) is 34.4 Å². The quantitative estimate of drug-likeness (QED) is 0.628. The minimum absolute atomic E-state index is 0.347. The third kappa shape index (κ3) is 3.90. The Labute approximate surface area is 171 Å². The highest BCUT2D eigenvalue weighted by molar-refractivity contribution is 7.92. The Balaban J connectivity index is 2.19. The molecule has 31 heavy (non-hydrogen) atoms. The van der Waals surface area contributed by atoms with Gasteiger partial charge >= 0.3 is 12.4 Å². The Morgan fingerprint density at radius 1 is 1.10 bits per heavy atom. The molecular formula is C18H10F6N2O4S. The van der Waals surface area contributed by atoms with Crippen LogP contribution < -0.4 is 9.64 Å². The molecule has 2 aromatic carbocycles. The van der Waals surface area contributed by atoms with E-state index in [4.69, 9.17) is 5.26 Å². The molecule has 1 amide bonds. The molecule has 0 spiro atoms. The van der Waals surface area contributed by atoms with Crippen LogP contribution in [-0.2, 0) is 22.2 Å². The lowest BCUT2D eigenvalue weighted by Gasteiger charge is -2.19. The molecule has 0 aliphatic carbocycles. The maximum absolute atomic E-state index is 13.4. The van der Waals surface area contributed by atoms with Gasteiger partial charge in [-0.15, -0.1) is 0 Å². The van der Waals surface area contributed by atoms with Gasteiger partial charge in [-0.3, -0.25) is 9.69 Å². The number of halogens is 6. The molecule has 0 unspecified atom stereocenters. The minimum Gasteiger partial charge on any atom is -0.495 e. The van der Waals surface area contributed by atoms with Gasteiger partial charge < -0.3 is 4.74 Å². The van der Waals surface area contributed by atoms with Gasteiger partial charge in [-0.1, -0.05) is 0 Å². The highest BCUT2D eigenvalue weighted by atomic mass is 32.2. The van der Waals surface area contributed by atoms with Gasteiger partial charge in [0.2, 0.25) is 0 Å². The normalized spacial score (nSPS) is 15.4. The molecule has 0 aromatic heterocycles. The third-order valence-corrected chi connectivity index (χ3v) is 6.04. The number of alkyl halides is 6. The summed E-state index contributed by atoms with van der Waals surface area (Å²) >= 11 is 0. The van der Waals surface area contributed by atoms with E-state index in [0.29, 0.717) is 29.2 Å². The summed E-state index contributed by atoms with van der Waals surface area (Å²) in [6, 6.07) is 4.16. The Hall–Kier alpha value is -3.27. The zero-order valence-electron chi connectivity index (χ0n) is 15.3. The second-order valence-electron chi connectivity index (χ2n) is 6.37. The van der Waals surface area contributed by atoms with Crippen LogP contribution >= 0.6 is 0 Å². The smallest absolute Gasteiger partial charge is 0.420 e. The first-order valence-corrected chi connectivity index (χ1v) is 9.81. The number of anilines is 1. The predicted octanol–water partition coefficient (Wildman–Crippen LogP) is 4.00. The van der Waals surface area contributed by atoms with Gasteiger partial charge in [0.25, 0.3) is 5.91 Å². The summed E-state index contributed by atoms with van der Waals surface area (Å²) in [5, 5.41) is 9.13. The molecule has 0 bridgehead atoms. The highest BCUT2D eigenvalue weighted by Crippen LogP contribution is 2.42. The van der Waals surface area contributed by atoms with Crippen molar-refractivity contribution in [3.8, 4) is 11.8 Å². The number of nitriles is 1. The second-order valence-corrected chi connectivity index (χ2v) is 8.30. The molecule has 2 aromatic rings. The van der Waals surface area contributed by atoms with Crippen LogP contribution in [-0.4, -0.2) is 27.3 Å². The number of benzene rings is 2. The van der Waals surface area contributed by atoms with Crippen molar-refractivity contribution in [1.82, 2.24) is 0 Å². The van der Waals surface area contributed by atoms with Gasteiger partial charge in [0.15, 0.2) is 9.84 Å². The molecule has 1 aliphatic heterocycles. The monoisotopic (exact) mass is 464 g/mol. The van der Waals surface area contributed by atoms with Crippen LogP contribution in [0.2, 0.25) is 0 Å². The lowest BCUT2D eigenvalue weighted by atomic mass is 10.0. The molecule has 0 radical (unpaired) electrons. The Morgan fingerprint density at radius 2 is 1.74 bits per heavy atom. The number of methoxy groups -OCH3 is 1. The molecule has 0 saturated heterocycles. The predicted molar refractivity (Wildman–Crippen MR) is 93.0 cm³/mol. The van der Waals surface area contributed by atoms with Crippen molar-refractivity contribution in [3.05, 3.63) is 52.6 Å². The number of fused-ring (bicyclic) bond motifs is 1. The summed E-state index contributed by atoms with van der Waals surface area (Å²) in [4.78, 5) is 12.7. The minimum atomic E-state index is -5.04. The average molecular weight is 464 g/mol. The van der Waals surface area contributed by atoms with Crippen molar-refractivity contribution in [2.24, 2.45) is 0 Å². The summed E-state index contributed by atoms with van der Waals surface area (Å²) in [6.45, 7) is 0. The Bertz CT molecular complexity index is 1230. The number of sulfone groups is 1. The van der Waals surface area contributed by atoms with E-state index in [1.54, 1.807) is 0 Å². The van der Waals surface area contributed by atoms with Crippen molar-refractivity contribution in [1.29, 1.82) is 5.26 Å². The number of carbonyl (C=O) groups excluding carboxylic acids is 1. The number of ether oxygens (including phenoxy) is 1. The molecule has 164 valence electrons. The number of amides is 1. The number of hydrogen-bond donors (Lipinski definition) is 0. The molecular weight excluding hydrogens is 454 g/mol. The maximum atomic E-state index is 13.4. The zero-order valence-corrected chi connectivity index (χ0v) is 16.1. The molecule has 1 aliphatic rings. The third-order valence-electron chi connectivity index (χ3n) is 4.42. The van der Waals surface area contributed by atoms with E-state index < -0.39 is 72.6 Å². The van der Waals surface area contributed by atoms with E-state index in [1.165, 1.54) is 6.07 Å². The van der Waals surface area contributed by atoms with E-state index in [-0.39, 0.29) is 0 Å². The number of hydrogen-bond acceptors (Lipinski definition) is 5. The van der Waals surface area contributed by atoms with Gasteiger partial charge in [0, 0.05) is 5.56 Å².